The van der Waals surface area contributed by atoms with Crippen LogP contribution in [0.2, 0.25) is 0 Å². The van der Waals surface area contributed by atoms with Crippen molar-refractivity contribution < 1.29 is 90.6 Å². The van der Waals surface area contributed by atoms with Crippen LogP contribution in [0.25, 0.3) is 0 Å². The summed E-state index contributed by atoms with van der Waals surface area (Å²) < 4.78 is 34.1. The number of rotatable bonds is 0. The maximum Gasteiger partial charge on any atom is 4.00 e. The molecule has 4 nitrogen and oxygen atoms in total. The second-order valence-corrected chi connectivity index (χ2v) is 1.22. The molecule has 0 amide bonds. The zero-order chi connectivity index (χ0) is 4.50. The van der Waals surface area contributed by atoms with Crippen LogP contribution in [0.15, 0.2) is 0 Å². The molecule has 0 aromatic carbocycles. The van der Waals surface area contributed by atoms with E-state index in [2.05, 4.69) is 0 Å². The van der Waals surface area contributed by atoms with Gasteiger partial charge >= 0.3 is 73.1 Å². The average Bonchev–Trinajstić information content (AvgIpc) is 0.722. The zero-order valence-corrected chi connectivity index (χ0v) is 9.04. The van der Waals surface area contributed by atoms with Crippen LogP contribution < -0.4 is 51.4 Å². The Morgan fingerprint density at radius 3 is 1.14 bits per heavy atom. The largest absolute Gasteiger partial charge is 4.00 e. The molecular formula is KO4STi+3. The fourth-order valence-corrected chi connectivity index (χ4v) is 0. The van der Waals surface area contributed by atoms with Gasteiger partial charge < -0.3 is 9.11 Å². The molecule has 0 aromatic heterocycles. The van der Waals surface area contributed by atoms with Crippen LogP contribution in [-0.4, -0.2) is 17.5 Å². The summed E-state index contributed by atoms with van der Waals surface area (Å²) in [6.45, 7) is 0. The van der Waals surface area contributed by atoms with E-state index in [9.17, 15) is 0 Å². The van der Waals surface area contributed by atoms with E-state index in [4.69, 9.17) is 17.5 Å². The van der Waals surface area contributed by atoms with E-state index in [-0.39, 0.29) is 73.1 Å². The van der Waals surface area contributed by atoms with Crippen molar-refractivity contribution in [3.63, 3.8) is 0 Å². The minimum absolute atomic E-state index is 0. The van der Waals surface area contributed by atoms with Crippen LogP contribution in [0.3, 0.4) is 0 Å². The van der Waals surface area contributed by atoms with Crippen molar-refractivity contribution in [2.24, 2.45) is 0 Å². The van der Waals surface area contributed by atoms with Gasteiger partial charge in [0.1, 0.15) is 0 Å². The fourth-order valence-electron chi connectivity index (χ4n) is 0. The maximum absolute atomic E-state index is 8.52. The predicted octanol–water partition coefficient (Wildman–Crippen LogP) is -4.34. The molecule has 0 unspecified atom stereocenters. The van der Waals surface area contributed by atoms with Gasteiger partial charge in [-0.25, -0.2) is 0 Å². The molecule has 0 heterocycles. The third kappa shape index (κ3) is 64.5. The first-order valence-corrected chi connectivity index (χ1v) is 2.00. The van der Waals surface area contributed by atoms with Crippen molar-refractivity contribution in [2.75, 3.05) is 0 Å². The maximum atomic E-state index is 8.52. The summed E-state index contributed by atoms with van der Waals surface area (Å²) in [5.41, 5.74) is 0. The smallest absolute Gasteiger partial charge is 0.759 e. The van der Waals surface area contributed by atoms with E-state index >= 15 is 0 Å². The molecule has 0 bridgehead atoms. The second kappa shape index (κ2) is 6.34. The molecule has 32 valence electrons. The molecule has 7 heteroatoms. The van der Waals surface area contributed by atoms with Gasteiger partial charge in [0, 0.05) is 10.4 Å². The van der Waals surface area contributed by atoms with Crippen LogP contribution in [0.1, 0.15) is 0 Å². The first-order chi connectivity index (χ1) is 2.00. The Morgan fingerprint density at radius 1 is 1.14 bits per heavy atom. The van der Waals surface area contributed by atoms with Crippen LogP contribution in [0.5, 0.6) is 0 Å². The van der Waals surface area contributed by atoms with Gasteiger partial charge in [-0.05, 0) is 0 Å². The van der Waals surface area contributed by atoms with Gasteiger partial charge in [-0.3, -0.25) is 8.42 Å². The summed E-state index contributed by atoms with van der Waals surface area (Å²) in [6, 6.07) is 0. The van der Waals surface area contributed by atoms with Gasteiger partial charge in [-0.15, -0.1) is 0 Å². The molecule has 7 heavy (non-hydrogen) atoms. The minimum Gasteiger partial charge on any atom is -0.759 e. The van der Waals surface area contributed by atoms with Crippen LogP contribution in [0.4, 0.5) is 0 Å². The summed E-state index contributed by atoms with van der Waals surface area (Å²) in [5.74, 6) is 0. The van der Waals surface area contributed by atoms with Crippen molar-refractivity contribution in [1.29, 1.82) is 0 Å². The average molecular weight is 183 g/mol. The Morgan fingerprint density at radius 2 is 1.14 bits per heavy atom. The van der Waals surface area contributed by atoms with E-state index < -0.39 is 10.4 Å². The van der Waals surface area contributed by atoms with E-state index in [1.807, 2.05) is 0 Å². The Balaban J connectivity index is -0.0000000800. The topological polar surface area (TPSA) is 80.3 Å². The van der Waals surface area contributed by atoms with Gasteiger partial charge in [0.15, 0.2) is 0 Å². The summed E-state index contributed by atoms with van der Waals surface area (Å²) in [5, 5.41) is 0. The van der Waals surface area contributed by atoms with Crippen LogP contribution >= 0.6 is 0 Å². The Labute approximate surface area is 98.9 Å². The molecule has 0 aliphatic heterocycles. The second-order valence-electron chi connectivity index (χ2n) is 0.408. The van der Waals surface area contributed by atoms with Gasteiger partial charge in [-0.2, -0.15) is 0 Å². The van der Waals surface area contributed by atoms with E-state index in [1.165, 1.54) is 0 Å². The quantitative estimate of drug-likeness (QED) is 0.216. The van der Waals surface area contributed by atoms with Gasteiger partial charge in [0.05, 0.1) is 0 Å². The van der Waals surface area contributed by atoms with Crippen molar-refractivity contribution >= 4 is 10.4 Å². The summed E-state index contributed by atoms with van der Waals surface area (Å²) in [4.78, 5) is 0. The number of hydrogen-bond donors (Lipinski definition) is 0. The summed E-state index contributed by atoms with van der Waals surface area (Å²) >= 11 is 0. The first-order valence-electron chi connectivity index (χ1n) is 0.667. The van der Waals surface area contributed by atoms with E-state index in [0.29, 0.717) is 0 Å². The molecule has 0 saturated carbocycles. The summed E-state index contributed by atoms with van der Waals surface area (Å²) in [6.07, 6.45) is 0. The monoisotopic (exact) mass is 183 g/mol. The third-order valence-electron chi connectivity index (χ3n) is 0. The van der Waals surface area contributed by atoms with Gasteiger partial charge in [0.2, 0.25) is 0 Å². The predicted molar refractivity (Wildman–Crippen MR) is 10.5 cm³/mol. The molecule has 0 fully saturated rings. The third-order valence-corrected chi connectivity index (χ3v) is 0. The van der Waals surface area contributed by atoms with Crippen LogP contribution in [0, 0.1) is 0 Å². The Kier molecular flexibility index (Phi) is 14.6. The van der Waals surface area contributed by atoms with Crippen LogP contribution in [-0.2, 0) is 32.1 Å². The fraction of sp³-hybridized carbons (Fsp3) is 0. The Bertz CT molecular complexity index is 94.9. The molecule has 0 atom stereocenters. The molecule has 0 aliphatic carbocycles. The first kappa shape index (κ1) is 16.1. The van der Waals surface area contributed by atoms with Crippen molar-refractivity contribution in [1.82, 2.24) is 0 Å². The number of hydrogen-bond acceptors (Lipinski definition) is 4. The van der Waals surface area contributed by atoms with Crippen molar-refractivity contribution in [3.8, 4) is 0 Å². The standard InChI is InChI=1S/K.H2O4S.Ti/c;1-5(2,3)4;/h;(H2,1,2,3,4);/q+1;;+4/p-2. The van der Waals surface area contributed by atoms with Gasteiger partial charge in [-0.1, -0.05) is 0 Å². The SMILES string of the molecule is O=S(=O)([O-])[O-].[K+].[Ti+4]. The summed E-state index contributed by atoms with van der Waals surface area (Å²) in [7, 11) is -5.17. The van der Waals surface area contributed by atoms with Crippen molar-refractivity contribution in [2.45, 2.75) is 0 Å². The molecular weight excluding hydrogens is 183 g/mol. The van der Waals surface area contributed by atoms with Crippen molar-refractivity contribution in [3.05, 3.63) is 0 Å². The molecule has 0 N–H and O–H groups in total. The minimum atomic E-state index is -5.17. The normalized spacial score (nSPS) is 8.29. The Hall–Kier alpha value is 2.22. The molecule has 0 saturated heterocycles. The van der Waals surface area contributed by atoms with E-state index in [1.54, 1.807) is 0 Å². The molecule has 0 aliphatic rings. The molecule has 0 radical (unpaired) electrons. The van der Waals surface area contributed by atoms with Gasteiger partial charge in [0.25, 0.3) is 0 Å². The zero-order valence-electron chi connectivity index (χ0n) is 3.54. The molecule has 0 rings (SSSR count). The molecule has 0 spiro atoms. The molecule has 0 aromatic rings. The van der Waals surface area contributed by atoms with E-state index in [0.717, 1.165) is 0 Å².